The molecule has 29 heavy (non-hydrogen) atoms. The SMILES string of the molecule is C=C(NNC(=O)c1cc2ccccc2cc1O)c1cc(OC)c(OC)c(OC)c1. The monoisotopic (exact) mass is 394 g/mol. The van der Waals surface area contributed by atoms with E-state index in [1.807, 2.05) is 24.3 Å². The van der Waals surface area contributed by atoms with Crippen molar-refractivity contribution in [3.63, 3.8) is 0 Å². The molecule has 0 aliphatic heterocycles. The summed E-state index contributed by atoms with van der Waals surface area (Å²) in [5.74, 6) is 0.770. The number of ether oxygens (including phenoxy) is 3. The predicted molar refractivity (Wildman–Crippen MR) is 111 cm³/mol. The van der Waals surface area contributed by atoms with Crippen molar-refractivity contribution in [1.29, 1.82) is 0 Å². The van der Waals surface area contributed by atoms with Gasteiger partial charge in [0.25, 0.3) is 5.91 Å². The quantitative estimate of drug-likeness (QED) is 0.532. The van der Waals surface area contributed by atoms with Gasteiger partial charge < -0.3 is 19.3 Å². The highest BCUT2D eigenvalue weighted by atomic mass is 16.5. The lowest BCUT2D eigenvalue weighted by atomic mass is 10.1. The fourth-order valence-corrected chi connectivity index (χ4v) is 2.94. The molecule has 0 aliphatic rings. The van der Waals surface area contributed by atoms with Gasteiger partial charge in [-0.2, -0.15) is 0 Å². The Morgan fingerprint density at radius 3 is 2.03 bits per heavy atom. The van der Waals surface area contributed by atoms with Crippen LogP contribution < -0.4 is 25.1 Å². The van der Waals surface area contributed by atoms with Gasteiger partial charge in [0.1, 0.15) is 5.75 Å². The van der Waals surface area contributed by atoms with Crippen molar-refractivity contribution in [2.75, 3.05) is 21.3 Å². The molecule has 150 valence electrons. The van der Waals surface area contributed by atoms with Crippen LogP contribution in [0.1, 0.15) is 15.9 Å². The smallest absolute Gasteiger partial charge is 0.273 e. The second-order valence-electron chi connectivity index (χ2n) is 6.19. The second kappa shape index (κ2) is 8.43. The molecule has 3 rings (SSSR count). The van der Waals surface area contributed by atoms with Gasteiger partial charge in [-0.3, -0.25) is 15.6 Å². The molecular formula is C22H22N2O5. The summed E-state index contributed by atoms with van der Waals surface area (Å²) in [6.45, 7) is 3.93. The summed E-state index contributed by atoms with van der Waals surface area (Å²) >= 11 is 0. The summed E-state index contributed by atoms with van der Waals surface area (Å²) in [4.78, 5) is 12.5. The van der Waals surface area contributed by atoms with Crippen LogP contribution in [-0.4, -0.2) is 32.3 Å². The Morgan fingerprint density at radius 1 is 0.897 bits per heavy atom. The Morgan fingerprint density at radius 2 is 1.48 bits per heavy atom. The van der Waals surface area contributed by atoms with Gasteiger partial charge in [0.15, 0.2) is 11.5 Å². The fraction of sp³-hybridized carbons (Fsp3) is 0.136. The van der Waals surface area contributed by atoms with Gasteiger partial charge in [0.05, 0.1) is 32.6 Å². The van der Waals surface area contributed by atoms with Gasteiger partial charge in [-0.1, -0.05) is 30.8 Å². The van der Waals surface area contributed by atoms with E-state index in [0.29, 0.717) is 28.5 Å². The fourth-order valence-electron chi connectivity index (χ4n) is 2.94. The number of nitrogens with one attached hydrogen (secondary N) is 2. The van der Waals surface area contributed by atoms with E-state index >= 15 is 0 Å². The number of methoxy groups -OCH3 is 3. The summed E-state index contributed by atoms with van der Waals surface area (Å²) in [6, 6.07) is 14.1. The Balaban J connectivity index is 1.79. The molecule has 3 N–H and O–H groups in total. The number of carbonyl (C=O) groups is 1. The zero-order valence-corrected chi connectivity index (χ0v) is 16.4. The Labute approximate surface area is 168 Å². The molecule has 7 heteroatoms. The number of phenols is 1. The minimum Gasteiger partial charge on any atom is -0.507 e. The molecule has 0 radical (unpaired) electrons. The number of hydrogen-bond donors (Lipinski definition) is 3. The molecule has 0 aromatic heterocycles. The largest absolute Gasteiger partial charge is 0.507 e. The lowest BCUT2D eigenvalue weighted by Gasteiger charge is -2.16. The minimum absolute atomic E-state index is 0.110. The van der Waals surface area contributed by atoms with Gasteiger partial charge in [-0.25, -0.2) is 0 Å². The first kappa shape index (κ1) is 19.9. The normalized spacial score (nSPS) is 10.3. The number of amides is 1. The summed E-state index contributed by atoms with van der Waals surface area (Å²) in [5.41, 5.74) is 6.48. The summed E-state index contributed by atoms with van der Waals surface area (Å²) in [7, 11) is 4.55. The van der Waals surface area contributed by atoms with Crippen LogP contribution in [0.5, 0.6) is 23.0 Å². The number of phenolic OH excluding ortho intramolecular Hbond substituents is 1. The third-order valence-electron chi connectivity index (χ3n) is 4.45. The van der Waals surface area contributed by atoms with E-state index < -0.39 is 5.91 Å². The highest BCUT2D eigenvalue weighted by Gasteiger charge is 2.16. The van der Waals surface area contributed by atoms with E-state index in [1.54, 1.807) is 24.3 Å². The van der Waals surface area contributed by atoms with Crippen molar-refractivity contribution in [3.8, 4) is 23.0 Å². The molecule has 0 spiro atoms. The zero-order chi connectivity index (χ0) is 21.0. The number of aromatic hydroxyl groups is 1. The Bertz CT molecular complexity index is 1050. The van der Waals surface area contributed by atoms with Crippen LogP contribution in [0.3, 0.4) is 0 Å². The number of hydrazine groups is 1. The van der Waals surface area contributed by atoms with E-state index in [2.05, 4.69) is 17.4 Å². The molecule has 0 aliphatic carbocycles. The maximum atomic E-state index is 12.5. The average molecular weight is 394 g/mol. The highest BCUT2D eigenvalue weighted by Crippen LogP contribution is 2.39. The van der Waals surface area contributed by atoms with Gasteiger partial charge >= 0.3 is 0 Å². The van der Waals surface area contributed by atoms with E-state index in [1.165, 1.54) is 21.3 Å². The third-order valence-corrected chi connectivity index (χ3v) is 4.45. The molecular weight excluding hydrogens is 372 g/mol. The highest BCUT2D eigenvalue weighted by molar-refractivity contribution is 6.01. The lowest BCUT2D eigenvalue weighted by Crippen LogP contribution is -2.35. The first-order chi connectivity index (χ1) is 14.0. The van der Waals surface area contributed by atoms with E-state index in [0.717, 1.165) is 10.8 Å². The average Bonchev–Trinajstić information content (AvgIpc) is 2.75. The molecule has 0 unspecified atom stereocenters. The van der Waals surface area contributed by atoms with Gasteiger partial charge in [0, 0.05) is 5.56 Å². The van der Waals surface area contributed by atoms with Crippen LogP contribution in [-0.2, 0) is 0 Å². The minimum atomic E-state index is -0.498. The Kier molecular flexibility index (Phi) is 5.78. The number of fused-ring (bicyclic) bond motifs is 1. The van der Waals surface area contributed by atoms with E-state index in [9.17, 15) is 9.90 Å². The van der Waals surface area contributed by atoms with Crippen molar-refractivity contribution in [2.45, 2.75) is 0 Å². The van der Waals surface area contributed by atoms with Crippen molar-refractivity contribution >= 4 is 22.4 Å². The van der Waals surface area contributed by atoms with Crippen molar-refractivity contribution in [2.24, 2.45) is 0 Å². The summed E-state index contributed by atoms with van der Waals surface area (Å²) in [5, 5.41) is 11.9. The molecule has 0 heterocycles. The lowest BCUT2D eigenvalue weighted by molar-refractivity contribution is 0.0940. The summed E-state index contributed by atoms with van der Waals surface area (Å²) in [6.07, 6.45) is 0. The topological polar surface area (TPSA) is 89.1 Å². The number of benzene rings is 3. The molecule has 0 bridgehead atoms. The van der Waals surface area contributed by atoms with Crippen molar-refractivity contribution in [1.82, 2.24) is 10.9 Å². The standard InChI is InChI=1S/C22H22N2O5/c1-13(16-11-19(27-2)21(29-4)20(12-16)28-3)23-24-22(26)17-9-14-7-5-6-8-15(14)10-18(17)25/h5-12,23,25H,1H2,2-4H3,(H,24,26). The van der Waals surface area contributed by atoms with E-state index in [4.69, 9.17) is 14.2 Å². The van der Waals surface area contributed by atoms with E-state index in [-0.39, 0.29) is 11.3 Å². The predicted octanol–water partition coefficient (Wildman–Crippen LogP) is 3.48. The summed E-state index contributed by atoms with van der Waals surface area (Å²) < 4.78 is 16.0. The van der Waals surface area contributed by atoms with Crippen LogP contribution >= 0.6 is 0 Å². The molecule has 1 amide bonds. The van der Waals surface area contributed by atoms with Gasteiger partial charge in [-0.15, -0.1) is 0 Å². The molecule has 0 atom stereocenters. The van der Waals surface area contributed by atoms with Gasteiger partial charge in [0.2, 0.25) is 5.75 Å². The first-order valence-corrected chi connectivity index (χ1v) is 8.76. The van der Waals surface area contributed by atoms with Crippen LogP contribution in [0.25, 0.3) is 16.5 Å². The number of rotatable bonds is 7. The molecule has 0 fully saturated rings. The number of carbonyl (C=O) groups excluding carboxylic acids is 1. The maximum absolute atomic E-state index is 12.5. The van der Waals surface area contributed by atoms with Crippen LogP contribution in [0.2, 0.25) is 0 Å². The second-order valence-corrected chi connectivity index (χ2v) is 6.19. The van der Waals surface area contributed by atoms with Crippen LogP contribution in [0.4, 0.5) is 0 Å². The van der Waals surface area contributed by atoms with Crippen LogP contribution in [0, 0.1) is 0 Å². The molecule has 3 aromatic rings. The zero-order valence-electron chi connectivity index (χ0n) is 16.4. The third kappa shape index (κ3) is 4.03. The molecule has 7 nitrogen and oxygen atoms in total. The first-order valence-electron chi connectivity index (χ1n) is 8.76. The van der Waals surface area contributed by atoms with Crippen molar-refractivity contribution in [3.05, 3.63) is 66.2 Å². The molecule has 0 saturated heterocycles. The van der Waals surface area contributed by atoms with Crippen LogP contribution in [0.15, 0.2) is 55.1 Å². The molecule has 3 aromatic carbocycles. The number of hydrogen-bond acceptors (Lipinski definition) is 6. The molecule has 0 saturated carbocycles. The van der Waals surface area contributed by atoms with Crippen molar-refractivity contribution < 1.29 is 24.1 Å². The maximum Gasteiger partial charge on any atom is 0.273 e. The van der Waals surface area contributed by atoms with Gasteiger partial charge in [-0.05, 0) is 35.0 Å². The Hall–Kier alpha value is -3.87.